The van der Waals surface area contributed by atoms with Crippen molar-refractivity contribution in [3.05, 3.63) is 35.2 Å². The summed E-state index contributed by atoms with van der Waals surface area (Å²) in [5.74, 6) is 0. The first-order valence-electron chi connectivity index (χ1n) is 4.34. The number of rotatable bonds is 1. The zero-order valence-corrected chi connectivity index (χ0v) is 8.60. The summed E-state index contributed by atoms with van der Waals surface area (Å²) in [7, 11) is 0. The van der Waals surface area contributed by atoms with Gasteiger partial charge in [-0.25, -0.2) is 0 Å². The maximum absolute atomic E-state index is 10.4. The van der Waals surface area contributed by atoms with Gasteiger partial charge in [-0.15, -0.1) is 11.3 Å². The minimum atomic E-state index is 0.797. The fourth-order valence-corrected chi connectivity index (χ4v) is 1.94. The standard InChI is InChI=1S/C9H6OS.C2H6/c10-6-8-5-7-3-1-2-4-9(7)11-8;1-2/h1-6H;1-2H3. The Hall–Kier alpha value is -1.15. The second-order valence-corrected chi connectivity index (χ2v) is 3.42. The van der Waals surface area contributed by atoms with Gasteiger partial charge in [0, 0.05) is 4.70 Å². The first-order valence-corrected chi connectivity index (χ1v) is 5.15. The summed E-state index contributed by atoms with van der Waals surface area (Å²) < 4.78 is 1.18. The molecule has 0 aliphatic rings. The molecule has 2 heteroatoms. The van der Waals surface area contributed by atoms with Crippen LogP contribution in [0, 0.1) is 0 Å². The molecule has 0 fully saturated rings. The lowest BCUT2D eigenvalue weighted by molar-refractivity contribution is 0.112. The van der Waals surface area contributed by atoms with E-state index >= 15 is 0 Å². The molecular formula is C11H12OS. The van der Waals surface area contributed by atoms with Crippen molar-refractivity contribution in [2.45, 2.75) is 13.8 Å². The monoisotopic (exact) mass is 192 g/mol. The van der Waals surface area contributed by atoms with Crippen LogP contribution in [0.1, 0.15) is 23.5 Å². The van der Waals surface area contributed by atoms with Crippen LogP contribution in [0.25, 0.3) is 10.1 Å². The van der Waals surface area contributed by atoms with Crippen LogP contribution in [0.4, 0.5) is 0 Å². The molecule has 0 atom stereocenters. The van der Waals surface area contributed by atoms with Gasteiger partial charge in [0.15, 0.2) is 6.29 Å². The molecule has 1 aromatic carbocycles. The Morgan fingerprint density at radius 3 is 2.54 bits per heavy atom. The summed E-state index contributed by atoms with van der Waals surface area (Å²) in [5.41, 5.74) is 0. The van der Waals surface area contributed by atoms with Gasteiger partial charge in [0.1, 0.15) is 0 Å². The summed E-state index contributed by atoms with van der Waals surface area (Å²) in [6, 6.07) is 9.90. The summed E-state index contributed by atoms with van der Waals surface area (Å²) in [6.45, 7) is 4.00. The van der Waals surface area contributed by atoms with Crippen LogP contribution in [0.15, 0.2) is 30.3 Å². The van der Waals surface area contributed by atoms with Gasteiger partial charge in [-0.2, -0.15) is 0 Å². The third-order valence-electron chi connectivity index (χ3n) is 1.56. The molecule has 0 bridgehead atoms. The molecule has 2 aromatic rings. The summed E-state index contributed by atoms with van der Waals surface area (Å²) in [4.78, 5) is 11.2. The van der Waals surface area contributed by atoms with Crippen molar-refractivity contribution in [2.75, 3.05) is 0 Å². The van der Waals surface area contributed by atoms with E-state index in [9.17, 15) is 4.79 Å². The molecule has 0 aliphatic heterocycles. The zero-order chi connectivity index (χ0) is 9.68. The van der Waals surface area contributed by atoms with Gasteiger partial charge in [0.05, 0.1) is 4.88 Å². The van der Waals surface area contributed by atoms with Crippen molar-refractivity contribution in [3.63, 3.8) is 0 Å². The number of hydrogen-bond acceptors (Lipinski definition) is 2. The smallest absolute Gasteiger partial charge is 0.160 e. The third kappa shape index (κ3) is 2.16. The highest BCUT2D eigenvalue weighted by Crippen LogP contribution is 2.23. The molecule has 1 aromatic heterocycles. The number of aldehydes is 1. The number of fused-ring (bicyclic) bond motifs is 1. The van der Waals surface area contributed by atoms with E-state index in [0.29, 0.717) is 0 Å². The van der Waals surface area contributed by atoms with E-state index < -0.39 is 0 Å². The lowest BCUT2D eigenvalue weighted by Gasteiger charge is -1.82. The van der Waals surface area contributed by atoms with Crippen molar-refractivity contribution in [1.29, 1.82) is 0 Å². The second kappa shape index (κ2) is 4.77. The van der Waals surface area contributed by atoms with Crippen molar-refractivity contribution < 1.29 is 4.79 Å². The second-order valence-electron chi connectivity index (χ2n) is 2.30. The van der Waals surface area contributed by atoms with Gasteiger partial charge in [-0.3, -0.25) is 4.79 Å². The van der Waals surface area contributed by atoms with Gasteiger partial charge < -0.3 is 0 Å². The molecule has 2 rings (SSSR count). The number of benzene rings is 1. The maximum atomic E-state index is 10.4. The average molecular weight is 192 g/mol. The molecule has 0 amide bonds. The molecule has 0 radical (unpaired) electrons. The average Bonchev–Trinajstić information content (AvgIpc) is 2.63. The quantitative estimate of drug-likeness (QED) is 0.629. The molecule has 13 heavy (non-hydrogen) atoms. The SMILES string of the molecule is CC.O=Cc1cc2ccccc2s1. The minimum Gasteiger partial charge on any atom is -0.297 e. The lowest BCUT2D eigenvalue weighted by atomic mass is 10.2. The van der Waals surface area contributed by atoms with Crippen LogP contribution in [-0.4, -0.2) is 6.29 Å². The Morgan fingerprint density at radius 1 is 1.23 bits per heavy atom. The zero-order valence-electron chi connectivity index (χ0n) is 7.78. The lowest BCUT2D eigenvalue weighted by Crippen LogP contribution is -1.62. The van der Waals surface area contributed by atoms with Gasteiger partial charge in [-0.05, 0) is 17.5 Å². The van der Waals surface area contributed by atoms with Crippen LogP contribution in [0.5, 0.6) is 0 Å². The minimum absolute atomic E-state index is 0.797. The maximum Gasteiger partial charge on any atom is 0.160 e. The number of hydrogen-bond donors (Lipinski definition) is 0. The van der Waals surface area contributed by atoms with Crippen LogP contribution in [0.2, 0.25) is 0 Å². The number of carbonyl (C=O) groups excluding carboxylic acids is 1. The van der Waals surface area contributed by atoms with Crippen molar-refractivity contribution >= 4 is 27.7 Å². The first-order chi connectivity index (χ1) is 6.40. The van der Waals surface area contributed by atoms with Crippen molar-refractivity contribution in [1.82, 2.24) is 0 Å². The van der Waals surface area contributed by atoms with Gasteiger partial charge in [0.25, 0.3) is 0 Å². The van der Waals surface area contributed by atoms with Crippen LogP contribution in [-0.2, 0) is 0 Å². The molecule has 0 unspecified atom stereocenters. The van der Waals surface area contributed by atoms with E-state index in [0.717, 1.165) is 16.5 Å². The largest absolute Gasteiger partial charge is 0.297 e. The van der Waals surface area contributed by atoms with Crippen LogP contribution < -0.4 is 0 Å². The molecule has 1 heterocycles. The Morgan fingerprint density at radius 2 is 1.92 bits per heavy atom. The van der Waals surface area contributed by atoms with E-state index in [1.54, 1.807) is 0 Å². The van der Waals surface area contributed by atoms with Crippen LogP contribution in [0.3, 0.4) is 0 Å². The summed E-state index contributed by atoms with van der Waals surface area (Å²) in [6.07, 6.45) is 0.894. The number of carbonyl (C=O) groups is 1. The van der Waals surface area contributed by atoms with Crippen molar-refractivity contribution in [3.8, 4) is 0 Å². The molecule has 1 nitrogen and oxygen atoms in total. The summed E-state index contributed by atoms with van der Waals surface area (Å²) in [5, 5.41) is 1.15. The van der Waals surface area contributed by atoms with Crippen molar-refractivity contribution in [2.24, 2.45) is 0 Å². The molecular weight excluding hydrogens is 180 g/mol. The first kappa shape index (κ1) is 9.93. The predicted octanol–water partition coefficient (Wildman–Crippen LogP) is 3.74. The Kier molecular flexibility index (Phi) is 3.65. The molecule has 68 valence electrons. The van der Waals surface area contributed by atoms with E-state index in [1.807, 2.05) is 44.2 Å². The Balaban J connectivity index is 0.000000396. The molecule has 0 saturated carbocycles. The van der Waals surface area contributed by atoms with E-state index in [4.69, 9.17) is 0 Å². The fraction of sp³-hybridized carbons (Fsp3) is 0.182. The number of thiophene rings is 1. The van der Waals surface area contributed by atoms with Crippen LogP contribution >= 0.6 is 11.3 Å². The summed E-state index contributed by atoms with van der Waals surface area (Å²) >= 11 is 1.53. The third-order valence-corrected chi connectivity index (χ3v) is 2.60. The van der Waals surface area contributed by atoms with Gasteiger partial charge >= 0.3 is 0 Å². The van der Waals surface area contributed by atoms with Gasteiger partial charge in [-0.1, -0.05) is 32.0 Å². The fourth-order valence-electron chi connectivity index (χ4n) is 1.06. The normalized spacial score (nSPS) is 9.08. The highest BCUT2D eigenvalue weighted by atomic mass is 32.1. The highest BCUT2D eigenvalue weighted by molar-refractivity contribution is 7.20. The molecule has 0 aliphatic carbocycles. The molecule has 0 spiro atoms. The van der Waals surface area contributed by atoms with E-state index in [-0.39, 0.29) is 0 Å². The van der Waals surface area contributed by atoms with E-state index in [1.165, 1.54) is 16.0 Å². The molecule has 0 saturated heterocycles. The topological polar surface area (TPSA) is 17.1 Å². The Bertz CT molecular complexity index is 357. The predicted molar refractivity (Wildman–Crippen MR) is 58.6 cm³/mol. The Labute approximate surface area is 82.0 Å². The van der Waals surface area contributed by atoms with E-state index in [2.05, 4.69) is 0 Å². The van der Waals surface area contributed by atoms with Gasteiger partial charge in [0.2, 0.25) is 0 Å². The highest BCUT2D eigenvalue weighted by Gasteiger charge is 1.97. The molecule has 0 N–H and O–H groups in total.